The molecule has 17 heavy (non-hydrogen) atoms. The van der Waals surface area contributed by atoms with E-state index in [-0.39, 0.29) is 5.78 Å². The normalized spacial score (nSPS) is 12.8. The summed E-state index contributed by atoms with van der Waals surface area (Å²) in [7, 11) is 0. The maximum absolute atomic E-state index is 12.4. The van der Waals surface area contributed by atoms with Gasteiger partial charge in [0.2, 0.25) is 0 Å². The van der Waals surface area contributed by atoms with Gasteiger partial charge in [-0.3, -0.25) is 4.79 Å². The summed E-state index contributed by atoms with van der Waals surface area (Å²) in [6, 6.07) is 13.8. The van der Waals surface area contributed by atoms with Crippen molar-refractivity contribution in [3.05, 3.63) is 59.0 Å². The van der Waals surface area contributed by atoms with E-state index in [1.54, 1.807) is 11.3 Å². The van der Waals surface area contributed by atoms with E-state index in [0.717, 1.165) is 22.1 Å². The predicted molar refractivity (Wildman–Crippen MR) is 70.7 cm³/mol. The number of hydrogen-bond acceptors (Lipinski definition) is 2. The quantitative estimate of drug-likeness (QED) is 0.449. The van der Waals surface area contributed by atoms with Crippen LogP contribution in [0.2, 0.25) is 0 Å². The van der Waals surface area contributed by atoms with Crippen LogP contribution in [0, 0.1) is 0 Å². The Morgan fingerprint density at radius 3 is 2.47 bits per heavy atom. The lowest BCUT2D eigenvalue weighted by Crippen LogP contribution is -2.07. The smallest absolute Gasteiger partial charge is 0.194 e. The molecule has 1 aliphatic rings. The fourth-order valence-electron chi connectivity index (χ4n) is 2.51. The lowest BCUT2D eigenvalue weighted by atomic mass is 9.88. The molecule has 0 spiro atoms. The topological polar surface area (TPSA) is 17.1 Å². The molecule has 0 atom stereocenters. The van der Waals surface area contributed by atoms with E-state index in [0.29, 0.717) is 0 Å². The molecule has 0 unspecified atom stereocenters. The Labute approximate surface area is 102 Å². The second kappa shape index (κ2) is 3.05. The number of hydrogen-bond donors (Lipinski definition) is 0. The van der Waals surface area contributed by atoms with Crippen molar-refractivity contribution in [2.24, 2.45) is 0 Å². The highest BCUT2D eigenvalue weighted by Gasteiger charge is 2.25. The minimum Gasteiger partial charge on any atom is -0.289 e. The van der Waals surface area contributed by atoms with Crippen LogP contribution in [-0.2, 0) is 0 Å². The zero-order valence-electron chi connectivity index (χ0n) is 8.94. The SMILES string of the molecule is O=C1c2ccccc2-c2scc3cccc1c23. The van der Waals surface area contributed by atoms with Gasteiger partial charge in [-0.05, 0) is 10.8 Å². The summed E-state index contributed by atoms with van der Waals surface area (Å²) in [5.41, 5.74) is 2.75. The number of rotatable bonds is 0. The van der Waals surface area contributed by atoms with Crippen LogP contribution in [0.25, 0.3) is 21.2 Å². The summed E-state index contributed by atoms with van der Waals surface area (Å²) in [4.78, 5) is 13.6. The van der Waals surface area contributed by atoms with Crippen molar-refractivity contribution in [2.75, 3.05) is 0 Å². The van der Waals surface area contributed by atoms with Crippen molar-refractivity contribution in [3.63, 3.8) is 0 Å². The van der Waals surface area contributed by atoms with Crippen LogP contribution in [-0.4, -0.2) is 5.78 Å². The maximum Gasteiger partial charge on any atom is 0.194 e. The number of benzene rings is 2. The molecule has 4 rings (SSSR count). The molecule has 0 radical (unpaired) electrons. The Morgan fingerprint density at radius 2 is 1.59 bits per heavy atom. The van der Waals surface area contributed by atoms with Crippen molar-refractivity contribution in [1.82, 2.24) is 0 Å². The van der Waals surface area contributed by atoms with Gasteiger partial charge < -0.3 is 0 Å². The number of fused-ring (bicyclic) bond motifs is 2. The summed E-state index contributed by atoms with van der Waals surface area (Å²) >= 11 is 1.72. The molecule has 2 aromatic carbocycles. The molecule has 0 aliphatic heterocycles. The van der Waals surface area contributed by atoms with Gasteiger partial charge in [-0.2, -0.15) is 0 Å². The van der Waals surface area contributed by atoms with Gasteiger partial charge in [0.1, 0.15) is 0 Å². The Hall–Kier alpha value is -1.93. The third-order valence-electron chi connectivity index (χ3n) is 3.29. The van der Waals surface area contributed by atoms with Gasteiger partial charge in [0, 0.05) is 27.0 Å². The summed E-state index contributed by atoms with van der Waals surface area (Å²) in [6.45, 7) is 0. The molecule has 0 fully saturated rings. The molecule has 1 aliphatic carbocycles. The van der Waals surface area contributed by atoms with Crippen LogP contribution in [0.3, 0.4) is 0 Å². The van der Waals surface area contributed by atoms with Gasteiger partial charge in [-0.15, -0.1) is 11.3 Å². The van der Waals surface area contributed by atoms with Crippen LogP contribution in [0.4, 0.5) is 0 Å². The van der Waals surface area contributed by atoms with E-state index in [1.165, 1.54) is 10.3 Å². The van der Waals surface area contributed by atoms with E-state index in [2.05, 4.69) is 11.4 Å². The van der Waals surface area contributed by atoms with Gasteiger partial charge in [0.25, 0.3) is 0 Å². The minimum atomic E-state index is 0.150. The molecule has 0 bridgehead atoms. The largest absolute Gasteiger partial charge is 0.289 e. The Bertz CT molecular complexity index is 767. The van der Waals surface area contributed by atoms with Gasteiger partial charge in [-0.1, -0.05) is 42.5 Å². The summed E-state index contributed by atoms with van der Waals surface area (Å²) in [5.74, 6) is 0.150. The zero-order valence-corrected chi connectivity index (χ0v) is 9.75. The van der Waals surface area contributed by atoms with E-state index in [9.17, 15) is 4.79 Å². The van der Waals surface area contributed by atoms with Gasteiger partial charge in [0.05, 0.1) is 0 Å². The van der Waals surface area contributed by atoms with Gasteiger partial charge in [0.15, 0.2) is 5.78 Å². The van der Waals surface area contributed by atoms with Crippen molar-refractivity contribution < 1.29 is 4.79 Å². The second-order valence-electron chi connectivity index (χ2n) is 4.21. The number of carbonyl (C=O) groups excluding carboxylic acids is 1. The average Bonchev–Trinajstić information content (AvgIpc) is 2.81. The van der Waals surface area contributed by atoms with E-state index >= 15 is 0 Å². The fourth-order valence-corrected chi connectivity index (χ4v) is 3.61. The average molecular weight is 236 g/mol. The first kappa shape index (κ1) is 9.14. The van der Waals surface area contributed by atoms with Crippen LogP contribution < -0.4 is 0 Å². The lowest BCUT2D eigenvalue weighted by molar-refractivity contribution is 0.104. The molecule has 2 heteroatoms. The molecular weight excluding hydrogens is 228 g/mol. The first-order valence-corrected chi connectivity index (χ1v) is 6.38. The summed E-state index contributed by atoms with van der Waals surface area (Å²) in [5, 5.41) is 4.43. The molecule has 0 saturated heterocycles. The Morgan fingerprint density at radius 1 is 0.824 bits per heavy atom. The van der Waals surface area contributed by atoms with Crippen molar-refractivity contribution in [2.45, 2.75) is 0 Å². The lowest BCUT2D eigenvalue weighted by Gasteiger charge is -2.15. The third-order valence-corrected chi connectivity index (χ3v) is 4.32. The molecule has 1 nitrogen and oxygen atoms in total. The van der Waals surface area contributed by atoms with Crippen molar-refractivity contribution in [3.8, 4) is 10.4 Å². The summed E-state index contributed by atoms with van der Waals surface area (Å²) in [6.07, 6.45) is 0. The predicted octanol–water partition coefficient (Wildman–Crippen LogP) is 4.11. The second-order valence-corrected chi connectivity index (χ2v) is 5.09. The van der Waals surface area contributed by atoms with Gasteiger partial charge >= 0.3 is 0 Å². The molecule has 0 amide bonds. The molecule has 3 aromatic rings. The summed E-state index contributed by atoms with van der Waals surface area (Å²) < 4.78 is 0. The van der Waals surface area contributed by atoms with E-state index in [4.69, 9.17) is 0 Å². The minimum absolute atomic E-state index is 0.150. The number of carbonyl (C=O) groups is 1. The van der Waals surface area contributed by atoms with Crippen LogP contribution in [0.1, 0.15) is 15.9 Å². The van der Waals surface area contributed by atoms with Crippen molar-refractivity contribution >= 4 is 27.9 Å². The highest BCUT2D eigenvalue weighted by molar-refractivity contribution is 7.15. The van der Waals surface area contributed by atoms with Crippen LogP contribution in [0.15, 0.2) is 47.8 Å². The first-order valence-electron chi connectivity index (χ1n) is 5.50. The van der Waals surface area contributed by atoms with Crippen LogP contribution >= 0.6 is 11.3 Å². The Kier molecular flexibility index (Phi) is 1.64. The monoisotopic (exact) mass is 236 g/mol. The Balaban J connectivity index is 2.27. The fraction of sp³-hybridized carbons (Fsp3) is 0. The van der Waals surface area contributed by atoms with E-state index < -0.39 is 0 Å². The standard InChI is InChI=1S/C15H8OS/c16-14-10-5-1-2-6-11(10)15-13-9(8-17-15)4-3-7-12(13)14/h1-8H. The zero-order chi connectivity index (χ0) is 11.4. The first-order chi connectivity index (χ1) is 8.36. The molecule has 1 heterocycles. The highest BCUT2D eigenvalue weighted by atomic mass is 32.1. The van der Waals surface area contributed by atoms with Gasteiger partial charge in [-0.25, -0.2) is 0 Å². The third kappa shape index (κ3) is 1.06. The maximum atomic E-state index is 12.4. The highest BCUT2D eigenvalue weighted by Crippen LogP contribution is 2.43. The van der Waals surface area contributed by atoms with Crippen molar-refractivity contribution in [1.29, 1.82) is 0 Å². The molecule has 0 saturated carbocycles. The number of ketones is 1. The molecule has 1 aromatic heterocycles. The van der Waals surface area contributed by atoms with E-state index in [1.807, 2.05) is 36.4 Å². The van der Waals surface area contributed by atoms with Crippen LogP contribution in [0.5, 0.6) is 0 Å². The number of thiophene rings is 1. The molecule has 80 valence electrons. The molecular formula is C15H8OS. The molecule has 0 N–H and O–H groups in total.